The normalized spacial score (nSPS) is 12.9. The Labute approximate surface area is 148 Å². The maximum Gasteiger partial charge on any atom is 0.330 e. The topological polar surface area (TPSA) is 26.3 Å². The van der Waals surface area contributed by atoms with Crippen molar-refractivity contribution < 1.29 is 9.53 Å². The second-order valence-electron chi connectivity index (χ2n) is 5.28. The van der Waals surface area contributed by atoms with Crippen LogP contribution in [0.4, 0.5) is 0 Å². The SMILES string of the molecule is CCCCCCC/C=C/C=C/C=C/C=C/C=C/C=C/C(=O)OCC. The molecule has 0 aromatic heterocycles. The van der Waals surface area contributed by atoms with Gasteiger partial charge in [0.15, 0.2) is 0 Å². The minimum atomic E-state index is -0.315. The number of esters is 1. The van der Waals surface area contributed by atoms with Crippen LogP contribution in [-0.4, -0.2) is 12.6 Å². The van der Waals surface area contributed by atoms with Crippen molar-refractivity contribution in [3.8, 4) is 0 Å². The van der Waals surface area contributed by atoms with Gasteiger partial charge in [0.05, 0.1) is 6.61 Å². The van der Waals surface area contributed by atoms with Gasteiger partial charge in [-0.05, 0) is 19.8 Å². The van der Waals surface area contributed by atoms with Gasteiger partial charge in [-0.25, -0.2) is 4.79 Å². The van der Waals surface area contributed by atoms with Gasteiger partial charge in [0, 0.05) is 6.08 Å². The van der Waals surface area contributed by atoms with Crippen molar-refractivity contribution in [2.45, 2.75) is 52.4 Å². The lowest BCUT2D eigenvalue weighted by Crippen LogP contribution is -1.98. The van der Waals surface area contributed by atoms with Gasteiger partial charge in [0.2, 0.25) is 0 Å². The van der Waals surface area contributed by atoms with Gasteiger partial charge in [-0.2, -0.15) is 0 Å². The summed E-state index contributed by atoms with van der Waals surface area (Å²) in [6.45, 7) is 4.43. The van der Waals surface area contributed by atoms with Crippen molar-refractivity contribution in [1.29, 1.82) is 0 Å². The molecule has 0 amide bonds. The summed E-state index contributed by atoms with van der Waals surface area (Å²) in [6, 6.07) is 0. The molecule has 0 N–H and O–H groups in total. The summed E-state index contributed by atoms with van der Waals surface area (Å²) in [5, 5.41) is 0. The monoisotopic (exact) mass is 328 g/mol. The van der Waals surface area contributed by atoms with Crippen LogP contribution in [0.2, 0.25) is 0 Å². The van der Waals surface area contributed by atoms with Crippen molar-refractivity contribution in [3.63, 3.8) is 0 Å². The van der Waals surface area contributed by atoms with E-state index < -0.39 is 0 Å². The van der Waals surface area contributed by atoms with Crippen LogP contribution in [0.5, 0.6) is 0 Å². The first kappa shape index (κ1) is 21.9. The minimum Gasteiger partial charge on any atom is -0.463 e. The lowest BCUT2D eigenvalue weighted by molar-refractivity contribution is -0.137. The summed E-state index contributed by atoms with van der Waals surface area (Å²) in [4.78, 5) is 11.0. The minimum absolute atomic E-state index is 0.315. The predicted molar refractivity (Wildman–Crippen MR) is 105 cm³/mol. The molecule has 0 unspecified atom stereocenters. The molecule has 0 aliphatic rings. The molecule has 0 aliphatic heterocycles. The second kappa shape index (κ2) is 19.0. The van der Waals surface area contributed by atoms with Gasteiger partial charge in [0.25, 0.3) is 0 Å². The number of unbranched alkanes of at least 4 members (excludes halogenated alkanes) is 5. The molecule has 0 aromatic carbocycles. The van der Waals surface area contributed by atoms with Crippen molar-refractivity contribution in [2.75, 3.05) is 6.61 Å². The summed E-state index contributed by atoms with van der Waals surface area (Å²) in [6.07, 6.45) is 30.8. The molecule has 0 atom stereocenters. The van der Waals surface area contributed by atoms with Crippen LogP contribution in [0.1, 0.15) is 52.4 Å². The highest BCUT2D eigenvalue weighted by Gasteiger charge is 1.89. The molecule has 24 heavy (non-hydrogen) atoms. The van der Waals surface area contributed by atoms with Crippen LogP contribution in [0.25, 0.3) is 0 Å². The van der Waals surface area contributed by atoms with Crippen LogP contribution in [0, 0.1) is 0 Å². The maximum absolute atomic E-state index is 11.0. The molecule has 0 saturated heterocycles. The van der Waals surface area contributed by atoms with Crippen molar-refractivity contribution in [3.05, 3.63) is 72.9 Å². The second-order valence-corrected chi connectivity index (χ2v) is 5.28. The summed E-state index contributed by atoms with van der Waals surface area (Å²) in [7, 11) is 0. The lowest BCUT2D eigenvalue weighted by atomic mass is 10.1. The fourth-order valence-electron chi connectivity index (χ4n) is 1.88. The average Bonchev–Trinajstić information content (AvgIpc) is 2.58. The number of hydrogen-bond donors (Lipinski definition) is 0. The summed E-state index contributed by atoms with van der Waals surface area (Å²) >= 11 is 0. The number of carbonyl (C=O) groups is 1. The van der Waals surface area contributed by atoms with E-state index in [4.69, 9.17) is 4.74 Å². The first-order valence-electron chi connectivity index (χ1n) is 8.97. The molecule has 0 aliphatic carbocycles. The third-order valence-corrected chi connectivity index (χ3v) is 3.13. The Kier molecular flexibility index (Phi) is 17.3. The molecule has 0 radical (unpaired) electrons. The number of allylic oxidation sites excluding steroid dienone is 11. The highest BCUT2D eigenvalue weighted by Crippen LogP contribution is 2.05. The van der Waals surface area contributed by atoms with Crippen molar-refractivity contribution >= 4 is 5.97 Å². The van der Waals surface area contributed by atoms with E-state index in [2.05, 4.69) is 19.1 Å². The maximum atomic E-state index is 11.0. The van der Waals surface area contributed by atoms with Crippen LogP contribution >= 0.6 is 0 Å². The first-order valence-corrected chi connectivity index (χ1v) is 8.97. The Hall–Kier alpha value is -2.09. The zero-order valence-corrected chi connectivity index (χ0v) is 15.2. The first-order chi connectivity index (χ1) is 11.8. The smallest absolute Gasteiger partial charge is 0.330 e. The van der Waals surface area contributed by atoms with Gasteiger partial charge >= 0.3 is 5.97 Å². The van der Waals surface area contributed by atoms with Gasteiger partial charge < -0.3 is 4.74 Å². The molecule has 0 heterocycles. The van der Waals surface area contributed by atoms with E-state index in [9.17, 15) is 4.79 Å². The fraction of sp³-hybridized carbons (Fsp3) is 0.409. The fourth-order valence-corrected chi connectivity index (χ4v) is 1.88. The predicted octanol–water partition coefficient (Wildman–Crippen LogP) is 6.25. The van der Waals surface area contributed by atoms with E-state index in [-0.39, 0.29) is 5.97 Å². The van der Waals surface area contributed by atoms with Crippen LogP contribution in [-0.2, 0) is 9.53 Å². The molecule has 0 fully saturated rings. The van der Waals surface area contributed by atoms with E-state index in [0.29, 0.717) is 6.61 Å². The number of hydrogen-bond acceptors (Lipinski definition) is 2. The Bertz CT molecular complexity index is 462. The number of rotatable bonds is 13. The Morgan fingerprint density at radius 2 is 1.25 bits per heavy atom. The number of ether oxygens (including phenoxy) is 1. The third kappa shape index (κ3) is 18.0. The molecule has 2 heteroatoms. The molecule has 2 nitrogen and oxygen atoms in total. The molecule has 132 valence electrons. The van der Waals surface area contributed by atoms with Crippen LogP contribution in [0.3, 0.4) is 0 Å². The summed E-state index contributed by atoms with van der Waals surface area (Å²) in [5.41, 5.74) is 0. The van der Waals surface area contributed by atoms with Crippen LogP contribution < -0.4 is 0 Å². The van der Waals surface area contributed by atoms with Gasteiger partial charge in [-0.1, -0.05) is 99.4 Å². The standard InChI is InChI=1S/C22H32O2/c1-3-5-6-7-8-9-10-11-12-13-14-15-16-17-18-19-20-21-22(23)24-4-2/h10-21H,3-9H2,1-2H3/b11-10+,13-12+,15-14+,17-16+,19-18+,21-20+. The van der Waals surface area contributed by atoms with E-state index in [1.54, 1.807) is 19.1 Å². The van der Waals surface area contributed by atoms with E-state index >= 15 is 0 Å². The molecule has 0 saturated carbocycles. The largest absolute Gasteiger partial charge is 0.463 e. The third-order valence-electron chi connectivity index (χ3n) is 3.13. The number of carbonyl (C=O) groups excluding carboxylic acids is 1. The van der Waals surface area contributed by atoms with Crippen molar-refractivity contribution in [2.24, 2.45) is 0 Å². The van der Waals surface area contributed by atoms with Crippen LogP contribution in [0.15, 0.2) is 72.9 Å². The summed E-state index contributed by atoms with van der Waals surface area (Å²) < 4.78 is 4.77. The molecule has 0 spiro atoms. The summed E-state index contributed by atoms with van der Waals surface area (Å²) in [5.74, 6) is -0.315. The zero-order valence-electron chi connectivity index (χ0n) is 15.2. The Balaban J connectivity index is 3.70. The van der Waals surface area contributed by atoms with Gasteiger partial charge in [-0.3, -0.25) is 0 Å². The highest BCUT2D eigenvalue weighted by molar-refractivity contribution is 5.82. The van der Waals surface area contributed by atoms with Crippen molar-refractivity contribution in [1.82, 2.24) is 0 Å². The zero-order chi connectivity index (χ0) is 17.7. The molecule has 0 rings (SSSR count). The van der Waals surface area contributed by atoms with E-state index in [1.165, 1.54) is 44.6 Å². The van der Waals surface area contributed by atoms with E-state index in [0.717, 1.165) is 0 Å². The lowest BCUT2D eigenvalue weighted by Gasteiger charge is -1.95. The quantitative estimate of drug-likeness (QED) is 0.173. The Morgan fingerprint density at radius 1 is 0.708 bits per heavy atom. The Morgan fingerprint density at radius 3 is 1.83 bits per heavy atom. The van der Waals surface area contributed by atoms with Gasteiger partial charge in [-0.15, -0.1) is 0 Å². The molecule has 0 aromatic rings. The average molecular weight is 328 g/mol. The van der Waals surface area contributed by atoms with Gasteiger partial charge in [0.1, 0.15) is 0 Å². The van der Waals surface area contributed by atoms with E-state index in [1.807, 2.05) is 42.5 Å². The molecule has 0 bridgehead atoms. The molecular weight excluding hydrogens is 296 g/mol. The molecular formula is C22H32O2. The highest BCUT2D eigenvalue weighted by atomic mass is 16.5.